The Hall–Kier alpha value is -1.62. The van der Waals surface area contributed by atoms with Gasteiger partial charge in [-0.15, -0.1) is 0 Å². The lowest BCUT2D eigenvalue weighted by Crippen LogP contribution is -2.30. The van der Waals surface area contributed by atoms with E-state index in [1.165, 1.54) is 12.1 Å². The van der Waals surface area contributed by atoms with Gasteiger partial charge in [-0.25, -0.2) is 4.39 Å². The smallest absolute Gasteiger partial charge is 0.306 e. The predicted molar refractivity (Wildman–Crippen MR) is 73.9 cm³/mol. The molecular formula is C16H19FO4. The van der Waals surface area contributed by atoms with Gasteiger partial charge in [-0.2, -0.15) is 0 Å². The standard InChI is InChI=1S/C16H19FO4/c17-12-3-6-15-11(7-12)8-14(21-15)9-20-13-4-1-10(2-5-13)16(18)19/h3,6-7,10,13-14H,1-2,4-5,8-9H2,(H,18,19). The molecule has 2 aliphatic rings. The molecule has 3 rings (SSSR count). The summed E-state index contributed by atoms with van der Waals surface area (Å²) in [6, 6.07) is 4.56. The predicted octanol–water partition coefficient (Wildman–Crippen LogP) is 2.79. The van der Waals surface area contributed by atoms with Crippen molar-refractivity contribution in [2.45, 2.75) is 44.3 Å². The SMILES string of the molecule is O=C(O)C1CCC(OCC2Cc3cc(F)ccc3O2)CC1. The fraction of sp³-hybridized carbons (Fsp3) is 0.562. The van der Waals surface area contributed by atoms with E-state index in [1.807, 2.05) is 0 Å². The fourth-order valence-electron chi connectivity index (χ4n) is 3.10. The zero-order valence-electron chi connectivity index (χ0n) is 11.8. The van der Waals surface area contributed by atoms with Crippen LogP contribution < -0.4 is 4.74 Å². The highest BCUT2D eigenvalue weighted by molar-refractivity contribution is 5.70. The van der Waals surface area contributed by atoms with Crippen LogP contribution in [-0.4, -0.2) is 29.9 Å². The molecule has 0 spiro atoms. The van der Waals surface area contributed by atoms with E-state index in [9.17, 15) is 9.18 Å². The summed E-state index contributed by atoms with van der Waals surface area (Å²) in [5.74, 6) is -0.435. The summed E-state index contributed by atoms with van der Waals surface area (Å²) in [6.45, 7) is 0.471. The van der Waals surface area contributed by atoms with E-state index in [-0.39, 0.29) is 23.9 Å². The van der Waals surface area contributed by atoms with E-state index in [4.69, 9.17) is 14.6 Å². The van der Waals surface area contributed by atoms with E-state index in [2.05, 4.69) is 0 Å². The Kier molecular flexibility index (Phi) is 4.10. The van der Waals surface area contributed by atoms with Crippen molar-refractivity contribution in [3.05, 3.63) is 29.6 Å². The minimum atomic E-state index is -0.704. The third-order valence-electron chi connectivity index (χ3n) is 4.31. The van der Waals surface area contributed by atoms with Gasteiger partial charge in [-0.3, -0.25) is 4.79 Å². The molecule has 1 aliphatic heterocycles. The van der Waals surface area contributed by atoms with E-state index < -0.39 is 5.97 Å². The summed E-state index contributed by atoms with van der Waals surface area (Å²) < 4.78 is 24.7. The lowest BCUT2D eigenvalue weighted by Gasteiger charge is -2.27. The van der Waals surface area contributed by atoms with Gasteiger partial charge in [0.15, 0.2) is 0 Å². The second-order valence-electron chi connectivity index (χ2n) is 5.84. The Labute approximate surface area is 122 Å². The van der Waals surface area contributed by atoms with E-state index in [0.29, 0.717) is 25.9 Å². The van der Waals surface area contributed by atoms with E-state index in [1.54, 1.807) is 6.07 Å². The van der Waals surface area contributed by atoms with E-state index in [0.717, 1.165) is 24.2 Å². The van der Waals surface area contributed by atoms with Gasteiger partial charge in [0.05, 0.1) is 18.6 Å². The molecule has 0 saturated heterocycles. The topological polar surface area (TPSA) is 55.8 Å². The molecular weight excluding hydrogens is 275 g/mol. The number of fused-ring (bicyclic) bond motifs is 1. The van der Waals surface area contributed by atoms with Crippen molar-refractivity contribution in [2.75, 3.05) is 6.61 Å². The average molecular weight is 294 g/mol. The Morgan fingerprint density at radius 3 is 2.81 bits per heavy atom. The average Bonchev–Trinajstić information content (AvgIpc) is 2.87. The summed E-state index contributed by atoms with van der Waals surface area (Å²) >= 11 is 0. The number of aliphatic carboxylic acids is 1. The van der Waals surface area contributed by atoms with Gasteiger partial charge in [0, 0.05) is 12.0 Å². The second-order valence-corrected chi connectivity index (χ2v) is 5.84. The van der Waals surface area contributed by atoms with Crippen LogP contribution in [0.2, 0.25) is 0 Å². The Balaban J connectivity index is 1.44. The molecule has 1 saturated carbocycles. The van der Waals surface area contributed by atoms with Gasteiger partial charge in [-0.05, 0) is 43.9 Å². The largest absolute Gasteiger partial charge is 0.487 e. The normalized spacial score (nSPS) is 28.0. The number of hydrogen-bond acceptors (Lipinski definition) is 3. The molecule has 5 heteroatoms. The number of rotatable bonds is 4. The van der Waals surface area contributed by atoms with Gasteiger partial charge in [0.25, 0.3) is 0 Å². The number of ether oxygens (including phenoxy) is 2. The molecule has 1 N–H and O–H groups in total. The molecule has 0 aromatic heterocycles. The lowest BCUT2D eigenvalue weighted by molar-refractivity contribution is -0.144. The summed E-state index contributed by atoms with van der Waals surface area (Å²) in [7, 11) is 0. The highest BCUT2D eigenvalue weighted by Crippen LogP contribution is 2.31. The minimum absolute atomic E-state index is 0.0704. The van der Waals surface area contributed by atoms with Gasteiger partial charge >= 0.3 is 5.97 Å². The molecule has 21 heavy (non-hydrogen) atoms. The first-order chi connectivity index (χ1) is 10.1. The minimum Gasteiger partial charge on any atom is -0.487 e. The molecule has 1 aliphatic carbocycles. The molecule has 1 heterocycles. The summed E-state index contributed by atoms with van der Waals surface area (Å²) in [5, 5.41) is 8.96. The van der Waals surface area contributed by atoms with Crippen molar-refractivity contribution in [1.29, 1.82) is 0 Å². The maximum absolute atomic E-state index is 13.1. The van der Waals surface area contributed by atoms with Crippen LogP contribution in [0.3, 0.4) is 0 Å². The molecule has 1 fully saturated rings. The first kappa shape index (κ1) is 14.3. The maximum Gasteiger partial charge on any atom is 0.306 e. The van der Waals surface area contributed by atoms with Crippen LogP contribution in [-0.2, 0) is 16.0 Å². The highest BCUT2D eigenvalue weighted by atomic mass is 19.1. The van der Waals surface area contributed by atoms with Crippen LogP contribution in [0.5, 0.6) is 5.75 Å². The number of halogens is 1. The fourth-order valence-corrected chi connectivity index (χ4v) is 3.10. The first-order valence-electron chi connectivity index (χ1n) is 7.41. The third-order valence-corrected chi connectivity index (χ3v) is 4.31. The quantitative estimate of drug-likeness (QED) is 0.927. The number of hydrogen-bond donors (Lipinski definition) is 1. The zero-order valence-corrected chi connectivity index (χ0v) is 11.8. The van der Waals surface area contributed by atoms with Crippen molar-refractivity contribution >= 4 is 5.97 Å². The number of benzene rings is 1. The molecule has 114 valence electrons. The zero-order chi connectivity index (χ0) is 14.8. The lowest BCUT2D eigenvalue weighted by atomic mass is 9.87. The summed E-state index contributed by atoms with van der Waals surface area (Å²) in [4.78, 5) is 10.9. The van der Waals surface area contributed by atoms with Crippen molar-refractivity contribution in [3.8, 4) is 5.75 Å². The molecule has 0 amide bonds. The van der Waals surface area contributed by atoms with Crippen LogP contribution in [0.1, 0.15) is 31.2 Å². The second kappa shape index (κ2) is 6.02. The van der Waals surface area contributed by atoms with Crippen LogP contribution in [0.4, 0.5) is 4.39 Å². The van der Waals surface area contributed by atoms with Crippen LogP contribution in [0.15, 0.2) is 18.2 Å². The molecule has 4 nitrogen and oxygen atoms in total. The number of carboxylic acids is 1. The van der Waals surface area contributed by atoms with Crippen molar-refractivity contribution in [2.24, 2.45) is 5.92 Å². The molecule has 1 unspecified atom stereocenters. The van der Waals surface area contributed by atoms with Crippen LogP contribution >= 0.6 is 0 Å². The van der Waals surface area contributed by atoms with Gasteiger partial charge in [0.1, 0.15) is 17.7 Å². The number of carbonyl (C=O) groups is 1. The molecule has 1 aromatic rings. The maximum atomic E-state index is 13.1. The molecule has 1 aromatic carbocycles. The Bertz CT molecular complexity index is 523. The van der Waals surface area contributed by atoms with E-state index >= 15 is 0 Å². The third kappa shape index (κ3) is 3.35. The summed E-state index contributed by atoms with van der Waals surface area (Å²) in [5.41, 5.74) is 0.887. The molecule has 1 atom stereocenters. The van der Waals surface area contributed by atoms with Crippen molar-refractivity contribution < 1.29 is 23.8 Å². The number of carboxylic acid groups (broad SMARTS) is 1. The van der Waals surface area contributed by atoms with Gasteiger partial charge in [-0.1, -0.05) is 0 Å². The molecule has 0 bridgehead atoms. The van der Waals surface area contributed by atoms with Gasteiger partial charge in [0.2, 0.25) is 0 Å². The van der Waals surface area contributed by atoms with Crippen molar-refractivity contribution in [3.63, 3.8) is 0 Å². The summed E-state index contributed by atoms with van der Waals surface area (Å²) in [6.07, 6.45) is 3.63. The van der Waals surface area contributed by atoms with Crippen LogP contribution in [0.25, 0.3) is 0 Å². The van der Waals surface area contributed by atoms with Crippen LogP contribution in [0, 0.1) is 11.7 Å². The molecule has 0 radical (unpaired) electrons. The van der Waals surface area contributed by atoms with Gasteiger partial charge < -0.3 is 14.6 Å². The Morgan fingerprint density at radius 1 is 1.33 bits per heavy atom. The monoisotopic (exact) mass is 294 g/mol. The first-order valence-corrected chi connectivity index (χ1v) is 7.41. The van der Waals surface area contributed by atoms with Crippen molar-refractivity contribution in [1.82, 2.24) is 0 Å². The highest BCUT2D eigenvalue weighted by Gasteiger charge is 2.28. The Morgan fingerprint density at radius 2 is 2.10 bits per heavy atom.